The summed E-state index contributed by atoms with van der Waals surface area (Å²) in [5, 5.41) is 0. The van der Waals surface area contributed by atoms with Crippen LogP contribution in [0.4, 0.5) is 0 Å². The minimum atomic E-state index is 0.148. The molecule has 2 aliphatic rings. The van der Waals surface area contributed by atoms with E-state index >= 15 is 0 Å². The smallest absolute Gasteiger partial charge is 0.226 e. The van der Waals surface area contributed by atoms with Gasteiger partial charge in [-0.2, -0.15) is 0 Å². The highest BCUT2D eigenvalue weighted by Gasteiger charge is 2.45. The predicted octanol–water partition coefficient (Wildman–Crippen LogP) is 2.10. The number of aromatic nitrogens is 3. The lowest BCUT2D eigenvalue weighted by molar-refractivity contribution is -0.132. The summed E-state index contributed by atoms with van der Waals surface area (Å²) in [6.45, 7) is 1.85. The zero-order chi connectivity index (χ0) is 15.8. The van der Waals surface area contributed by atoms with Gasteiger partial charge in [0.25, 0.3) is 0 Å². The van der Waals surface area contributed by atoms with Crippen LogP contribution in [0.25, 0.3) is 0 Å². The highest BCUT2D eigenvalue weighted by molar-refractivity contribution is 5.82. The van der Waals surface area contributed by atoms with Crippen LogP contribution >= 0.6 is 0 Å². The first-order chi connectivity index (χ1) is 11.2. The zero-order valence-electron chi connectivity index (χ0n) is 13.4. The van der Waals surface area contributed by atoms with Crippen LogP contribution in [0, 0.1) is 11.8 Å². The standard InChI is InChI=1S/C18H22N4O/c1-21(12-13-4-7-22-8-6-20-17(22)9-13)18(23)16-10-15(16)14-3-2-5-19-11-14/h2-3,5-6,8,11,13,15-16H,4,7,9-10,12H2,1H3/t13-,15+,16-/m1/s1. The number of aryl methyl sites for hydroxylation is 1. The van der Waals surface area contributed by atoms with Crippen molar-refractivity contribution >= 4 is 5.91 Å². The lowest BCUT2D eigenvalue weighted by Gasteiger charge is -2.28. The summed E-state index contributed by atoms with van der Waals surface area (Å²) in [6.07, 6.45) is 10.6. The number of imidazole rings is 1. The topological polar surface area (TPSA) is 51.0 Å². The van der Waals surface area contributed by atoms with Gasteiger partial charge in [-0.1, -0.05) is 6.07 Å². The Kier molecular flexibility index (Phi) is 3.63. The number of nitrogens with zero attached hydrogens (tertiary/aromatic N) is 4. The summed E-state index contributed by atoms with van der Waals surface area (Å²) in [7, 11) is 1.95. The van der Waals surface area contributed by atoms with E-state index in [1.807, 2.05) is 36.6 Å². The van der Waals surface area contributed by atoms with Crippen LogP contribution in [0.1, 0.15) is 30.1 Å². The van der Waals surface area contributed by atoms with Crippen molar-refractivity contribution in [2.75, 3.05) is 13.6 Å². The van der Waals surface area contributed by atoms with Crippen molar-refractivity contribution in [3.63, 3.8) is 0 Å². The zero-order valence-corrected chi connectivity index (χ0v) is 13.4. The van der Waals surface area contributed by atoms with Crippen LogP contribution in [0.5, 0.6) is 0 Å². The molecule has 4 rings (SSSR count). The molecule has 1 aliphatic carbocycles. The molecule has 120 valence electrons. The molecule has 0 spiro atoms. The second-order valence-electron chi connectivity index (χ2n) is 6.85. The third kappa shape index (κ3) is 2.87. The number of amides is 1. The number of carbonyl (C=O) groups is 1. The van der Waals surface area contributed by atoms with Gasteiger partial charge in [0.1, 0.15) is 5.82 Å². The number of rotatable bonds is 4. The van der Waals surface area contributed by atoms with Gasteiger partial charge >= 0.3 is 0 Å². The van der Waals surface area contributed by atoms with Gasteiger partial charge < -0.3 is 9.47 Å². The highest BCUT2D eigenvalue weighted by Crippen LogP contribution is 2.48. The third-order valence-corrected chi connectivity index (χ3v) is 5.18. The first-order valence-electron chi connectivity index (χ1n) is 8.37. The van der Waals surface area contributed by atoms with E-state index in [0.29, 0.717) is 11.8 Å². The van der Waals surface area contributed by atoms with Gasteiger partial charge in [0, 0.05) is 57.3 Å². The van der Waals surface area contributed by atoms with Gasteiger partial charge in [-0.3, -0.25) is 9.78 Å². The van der Waals surface area contributed by atoms with Crippen molar-refractivity contribution in [1.82, 2.24) is 19.4 Å². The van der Waals surface area contributed by atoms with Crippen molar-refractivity contribution in [3.8, 4) is 0 Å². The van der Waals surface area contributed by atoms with Crippen LogP contribution in [0.3, 0.4) is 0 Å². The average Bonchev–Trinajstić information content (AvgIpc) is 3.25. The fourth-order valence-corrected chi connectivity index (χ4v) is 3.76. The normalized spacial score (nSPS) is 25.7. The molecular weight excluding hydrogens is 288 g/mol. The molecule has 1 saturated carbocycles. The minimum Gasteiger partial charge on any atom is -0.345 e. The van der Waals surface area contributed by atoms with Crippen molar-refractivity contribution in [2.45, 2.75) is 31.7 Å². The molecule has 0 N–H and O–H groups in total. The van der Waals surface area contributed by atoms with E-state index in [-0.39, 0.29) is 11.8 Å². The van der Waals surface area contributed by atoms with Gasteiger partial charge in [0.15, 0.2) is 0 Å². The molecule has 5 heteroatoms. The molecule has 0 bridgehead atoms. The molecule has 2 aromatic rings. The van der Waals surface area contributed by atoms with Crippen LogP contribution in [0.15, 0.2) is 36.9 Å². The summed E-state index contributed by atoms with van der Waals surface area (Å²) in [4.78, 5) is 23.1. The highest BCUT2D eigenvalue weighted by atomic mass is 16.2. The van der Waals surface area contributed by atoms with Gasteiger partial charge in [-0.25, -0.2) is 4.98 Å². The van der Waals surface area contributed by atoms with E-state index in [1.165, 1.54) is 5.56 Å². The van der Waals surface area contributed by atoms with E-state index in [9.17, 15) is 4.79 Å². The summed E-state index contributed by atoms with van der Waals surface area (Å²) >= 11 is 0. The maximum atomic E-state index is 12.6. The Morgan fingerprint density at radius 2 is 2.35 bits per heavy atom. The van der Waals surface area contributed by atoms with Crippen LogP contribution < -0.4 is 0 Å². The molecule has 1 fully saturated rings. The van der Waals surface area contributed by atoms with E-state index in [2.05, 4.69) is 20.6 Å². The first-order valence-corrected chi connectivity index (χ1v) is 8.37. The number of carbonyl (C=O) groups excluding carboxylic acids is 1. The summed E-state index contributed by atoms with van der Waals surface area (Å²) in [5.41, 5.74) is 1.19. The van der Waals surface area contributed by atoms with Gasteiger partial charge in [-0.05, 0) is 36.3 Å². The quantitative estimate of drug-likeness (QED) is 0.869. The maximum absolute atomic E-state index is 12.6. The Hall–Kier alpha value is -2.17. The molecule has 1 amide bonds. The molecule has 3 atom stereocenters. The number of pyridine rings is 1. The maximum Gasteiger partial charge on any atom is 0.226 e. The van der Waals surface area contributed by atoms with Crippen LogP contribution in [-0.4, -0.2) is 38.9 Å². The first kappa shape index (κ1) is 14.4. The Balaban J connectivity index is 1.33. The fraction of sp³-hybridized carbons (Fsp3) is 0.500. The molecule has 0 radical (unpaired) electrons. The van der Waals surface area contributed by atoms with E-state index < -0.39 is 0 Å². The fourth-order valence-electron chi connectivity index (χ4n) is 3.76. The number of fused-ring (bicyclic) bond motifs is 1. The molecule has 0 unspecified atom stereocenters. The van der Waals surface area contributed by atoms with Crippen LogP contribution in [-0.2, 0) is 17.8 Å². The Morgan fingerprint density at radius 3 is 3.17 bits per heavy atom. The SMILES string of the molecule is CN(C[C@@H]1CCn2ccnc2C1)C(=O)[C@@H]1C[C@H]1c1cccnc1. The van der Waals surface area contributed by atoms with Crippen molar-refractivity contribution < 1.29 is 4.79 Å². The Morgan fingerprint density at radius 1 is 1.43 bits per heavy atom. The van der Waals surface area contributed by atoms with Crippen molar-refractivity contribution in [2.24, 2.45) is 11.8 Å². The second kappa shape index (κ2) is 5.80. The monoisotopic (exact) mass is 310 g/mol. The summed E-state index contributed by atoms with van der Waals surface area (Å²) in [5.74, 6) is 2.47. The van der Waals surface area contributed by atoms with Crippen LogP contribution in [0.2, 0.25) is 0 Å². The third-order valence-electron chi connectivity index (χ3n) is 5.18. The summed E-state index contributed by atoms with van der Waals surface area (Å²) < 4.78 is 2.22. The van der Waals surface area contributed by atoms with Crippen molar-refractivity contribution in [3.05, 3.63) is 48.3 Å². The summed E-state index contributed by atoms with van der Waals surface area (Å²) in [6, 6.07) is 4.02. The van der Waals surface area contributed by atoms with Gasteiger partial charge in [-0.15, -0.1) is 0 Å². The molecule has 0 saturated heterocycles. The lowest BCUT2D eigenvalue weighted by atomic mass is 9.97. The average molecular weight is 310 g/mol. The van der Waals surface area contributed by atoms with Gasteiger partial charge in [0.2, 0.25) is 5.91 Å². The Labute approximate surface area is 136 Å². The molecule has 23 heavy (non-hydrogen) atoms. The van der Waals surface area contributed by atoms with Crippen molar-refractivity contribution in [1.29, 1.82) is 0 Å². The second-order valence-corrected chi connectivity index (χ2v) is 6.85. The molecule has 1 aliphatic heterocycles. The van der Waals surface area contributed by atoms with Gasteiger partial charge in [0.05, 0.1) is 0 Å². The molecule has 3 heterocycles. The van der Waals surface area contributed by atoms with E-state index in [4.69, 9.17) is 0 Å². The number of hydrogen-bond donors (Lipinski definition) is 0. The number of hydrogen-bond acceptors (Lipinski definition) is 3. The molecular formula is C18H22N4O. The molecule has 0 aromatic carbocycles. The van der Waals surface area contributed by atoms with E-state index in [1.54, 1.807) is 6.20 Å². The Bertz CT molecular complexity index is 696. The predicted molar refractivity (Wildman–Crippen MR) is 86.8 cm³/mol. The minimum absolute atomic E-state index is 0.148. The molecule has 2 aromatic heterocycles. The molecule has 5 nitrogen and oxygen atoms in total. The van der Waals surface area contributed by atoms with E-state index in [0.717, 1.165) is 38.2 Å². The largest absolute Gasteiger partial charge is 0.345 e. The lowest BCUT2D eigenvalue weighted by Crippen LogP contribution is -2.36.